The van der Waals surface area contributed by atoms with Crippen molar-refractivity contribution < 1.29 is 39.6 Å². The molecule has 3 aromatic rings. The van der Waals surface area contributed by atoms with Crippen LogP contribution >= 0.6 is 15.9 Å². The summed E-state index contributed by atoms with van der Waals surface area (Å²) < 4.78 is 90.1. The number of hydrogen-bond donors (Lipinski definition) is 2. The highest BCUT2D eigenvalue weighted by Gasteiger charge is 2.47. The van der Waals surface area contributed by atoms with Gasteiger partial charge in [0, 0.05) is 29.9 Å². The van der Waals surface area contributed by atoms with Gasteiger partial charge in [-0.15, -0.1) is 0 Å². The molecule has 2 amide bonds. The van der Waals surface area contributed by atoms with Crippen LogP contribution in [0.1, 0.15) is 47.7 Å². The van der Waals surface area contributed by atoms with Crippen LogP contribution in [-0.4, -0.2) is 63.8 Å². The van der Waals surface area contributed by atoms with Crippen LogP contribution in [0.25, 0.3) is 16.6 Å². The molecule has 1 aliphatic carbocycles. The van der Waals surface area contributed by atoms with Crippen molar-refractivity contribution in [1.29, 1.82) is 0 Å². The lowest BCUT2D eigenvalue weighted by Crippen LogP contribution is -2.40. The Hall–Kier alpha value is -3.18. The van der Waals surface area contributed by atoms with Crippen molar-refractivity contribution in [3.8, 4) is 5.69 Å². The van der Waals surface area contributed by atoms with Gasteiger partial charge in [0.05, 0.1) is 23.1 Å². The SMILES string of the molecule is CNC(=O)c1c2cc(C3CC3)c(N(CCCC(=O)NS(=O)(=O)C(F)(F)F)S(C)(=O)=O)cc2nn1-c1ccc(Br)cc1. The van der Waals surface area contributed by atoms with E-state index < -0.39 is 43.8 Å². The van der Waals surface area contributed by atoms with Crippen LogP contribution in [0.3, 0.4) is 0 Å². The number of anilines is 1. The number of fused-ring (bicyclic) bond motifs is 1. The van der Waals surface area contributed by atoms with E-state index in [9.17, 15) is 39.6 Å². The molecule has 0 aliphatic heterocycles. The number of alkyl halides is 3. The summed E-state index contributed by atoms with van der Waals surface area (Å²) in [6.07, 6.45) is 1.53. The van der Waals surface area contributed by atoms with E-state index >= 15 is 0 Å². The first-order chi connectivity index (χ1) is 19.0. The molecule has 1 fully saturated rings. The van der Waals surface area contributed by atoms with Crippen molar-refractivity contribution in [2.45, 2.75) is 37.1 Å². The topological polar surface area (TPSA) is 148 Å². The monoisotopic (exact) mass is 679 g/mol. The molecule has 2 N–H and O–H groups in total. The molecule has 0 atom stereocenters. The molecule has 1 aromatic heterocycles. The minimum Gasteiger partial charge on any atom is -0.354 e. The quantitative estimate of drug-likeness (QED) is 0.333. The minimum absolute atomic E-state index is 0.00699. The van der Waals surface area contributed by atoms with Gasteiger partial charge in [-0.25, -0.2) is 17.8 Å². The van der Waals surface area contributed by atoms with Gasteiger partial charge in [0.1, 0.15) is 5.69 Å². The lowest BCUT2D eigenvalue weighted by atomic mass is 10.0. The molecule has 2 aromatic carbocycles. The first-order valence-corrected chi connectivity index (χ1v) is 16.3. The maximum atomic E-state index is 13.0. The predicted molar refractivity (Wildman–Crippen MR) is 149 cm³/mol. The second-order valence-corrected chi connectivity index (χ2v) is 13.9. The zero-order chi connectivity index (χ0) is 30.3. The third kappa shape index (κ3) is 6.67. The van der Waals surface area contributed by atoms with Crippen molar-refractivity contribution in [3.63, 3.8) is 0 Å². The Morgan fingerprint density at radius 2 is 1.76 bits per heavy atom. The fraction of sp³-hybridized carbons (Fsp3) is 0.375. The number of hydrogen-bond acceptors (Lipinski definition) is 7. The summed E-state index contributed by atoms with van der Waals surface area (Å²) in [4.78, 5) is 24.9. The zero-order valence-electron chi connectivity index (χ0n) is 21.7. The largest absolute Gasteiger partial charge is 0.516 e. The molecular weight excluding hydrogens is 655 g/mol. The Morgan fingerprint density at radius 1 is 1.12 bits per heavy atom. The van der Waals surface area contributed by atoms with E-state index in [1.165, 1.54) is 17.8 Å². The molecular formula is C24H25BrF3N5O6S2. The van der Waals surface area contributed by atoms with Gasteiger partial charge in [-0.1, -0.05) is 15.9 Å². The second-order valence-electron chi connectivity index (χ2n) is 9.43. The molecule has 0 radical (unpaired) electrons. The smallest absolute Gasteiger partial charge is 0.354 e. The van der Waals surface area contributed by atoms with Gasteiger partial charge in [0.25, 0.3) is 5.91 Å². The van der Waals surface area contributed by atoms with E-state index in [1.807, 2.05) is 0 Å². The summed E-state index contributed by atoms with van der Waals surface area (Å²) >= 11 is 3.37. The fourth-order valence-electron chi connectivity index (χ4n) is 4.29. The van der Waals surface area contributed by atoms with Gasteiger partial charge >= 0.3 is 15.5 Å². The van der Waals surface area contributed by atoms with Crippen LogP contribution in [0.2, 0.25) is 0 Å². The molecule has 0 saturated heterocycles. The van der Waals surface area contributed by atoms with Crippen LogP contribution in [0.15, 0.2) is 40.9 Å². The van der Waals surface area contributed by atoms with Crippen LogP contribution in [-0.2, 0) is 24.8 Å². The van der Waals surface area contributed by atoms with Crippen LogP contribution in [0, 0.1) is 0 Å². The number of nitrogens with one attached hydrogen (secondary N) is 2. The number of rotatable bonds is 10. The molecule has 1 saturated carbocycles. The second kappa shape index (κ2) is 11.2. The summed E-state index contributed by atoms with van der Waals surface area (Å²) in [5.41, 5.74) is -3.64. The standard InChI is InChI=1S/C24H25BrF3N5O6S2/c1-29-23(35)22-18-12-17(14-5-6-14)20(13-19(18)30-33(22)16-9-7-15(25)8-10-16)32(40(2,36)37)11-3-4-21(34)31-41(38,39)24(26,27)28/h7-10,12-14H,3-6,11H2,1-2H3,(H,29,35)(H,31,34). The summed E-state index contributed by atoms with van der Waals surface area (Å²) in [6, 6.07) is 10.3. The highest BCUT2D eigenvalue weighted by Crippen LogP contribution is 2.46. The molecule has 0 spiro atoms. The molecule has 222 valence electrons. The van der Waals surface area contributed by atoms with Crippen LogP contribution < -0.4 is 14.3 Å². The summed E-state index contributed by atoms with van der Waals surface area (Å²) in [5.74, 6) is -1.84. The first kappa shape index (κ1) is 30.8. The average Bonchev–Trinajstić information content (AvgIpc) is 3.64. The van der Waals surface area contributed by atoms with Gasteiger partial charge in [-0.3, -0.25) is 13.9 Å². The third-order valence-electron chi connectivity index (χ3n) is 6.34. The molecule has 11 nitrogen and oxygen atoms in total. The average molecular weight is 681 g/mol. The third-order valence-corrected chi connectivity index (χ3v) is 9.15. The Kier molecular flexibility index (Phi) is 8.44. The van der Waals surface area contributed by atoms with Gasteiger partial charge in [0.15, 0.2) is 0 Å². The van der Waals surface area contributed by atoms with Crippen molar-refractivity contribution in [2.24, 2.45) is 0 Å². The lowest BCUT2D eigenvalue weighted by Gasteiger charge is -2.25. The van der Waals surface area contributed by atoms with Crippen LogP contribution in [0.5, 0.6) is 0 Å². The maximum absolute atomic E-state index is 13.0. The van der Waals surface area contributed by atoms with Crippen molar-refractivity contribution in [1.82, 2.24) is 19.8 Å². The maximum Gasteiger partial charge on any atom is 0.516 e. The Labute approximate surface area is 242 Å². The minimum atomic E-state index is -5.88. The Morgan fingerprint density at radius 3 is 2.29 bits per heavy atom. The number of carbonyl (C=O) groups excluding carboxylic acids is 2. The molecule has 17 heteroatoms. The summed E-state index contributed by atoms with van der Waals surface area (Å²) in [5, 5.41) is 7.67. The van der Waals surface area contributed by atoms with E-state index in [-0.39, 0.29) is 30.3 Å². The van der Waals surface area contributed by atoms with E-state index in [0.29, 0.717) is 22.2 Å². The highest BCUT2D eigenvalue weighted by atomic mass is 79.9. The molecule has 1 heterocycles. The van der Waals surface area contributed by atoms with E-state index in [4.69, 9.17) is 0 Å². The van der Waals surface area contributed by atoms with Gasteiger partial charge in [-0.2, -0.15) is 26.7 Å². The Balaban J connectivity index is 1.73. The number of halogens is 4. The fourth-order valence-corrected chi connectivity index (χ4v) is 6.05. The van der Waals surface area contributed by atoms with Gasteiger partial charge < -0.3 is 5.32 Å². The zero-order valence-corrected chi connectivity index (χ0v) is 24.9. The van der Waals surface area contributed by atoms with Gasteiger partial charge in [-0.05, 0) is 67.1 Å². The van der Waals surface area contributed by atoms with Gasteiger partial charge in [0.2, 0.25) is 15.9 Å². The first-order valence-electron chi connectivity index (χ1n) is 12.2. The number of benzene rings is 2. The van der Waals surface area contributed by atoms with Crippen LogP contribution in [0.4, 0.5) is 18.9 Å². The summed E-state index contributed by atoms with van der Waals surface area (Å²) in [6.45, 7) is -0.320. The molecule has 4 rings (SSSR count). The number of carbonyl (C=O) groups is 2. The molecule has 41 heavy (non-hydrogen) atoms. The molecule has 0 bridgehead atoms. The van der Waals surface area contributed by atoms with Crippen molar-refractivity contribution in [3.05, 3.63) is 52.1 Å². The molecule has 0 unspecified atom stereocenters. The molecule has 1 aliphatic rings. The van der Waals surface area contributed by atoms with Crippen molar-refractivity contribution in [2.75, 3.05) is 24.2 Å². The van der Waals surface area contributed by atoms with Crippen molar-refractivity contribution >= 4 is 64.4 Å². The summed E-state index contributed by atoms with van der Waals surface area (Å²) in [7, 11) is -8.37. The van der Waals surface area contributed by atoms with E-state index in [0.717, 1.165) is 32.6 Å². The predicted octanol–water partition coefficient (Wildman–Crippen LogP) is 3.54. The van der Waals surface area contributed by atoms with E-state index in [2.05, 4.69) is 26.3 Å². The number of sulfonamides is 2. The van der Waals surface area contributed by atoms with E-state index in [1.54, 1.807) is 30.3 Å². The normalized spacial score (nSPS) is 14.2. The number of nitrogens with zero attached hydrogens (tertiary/aromatic N) is 3. The highest BCUT2D eigenvalue weighted by molar-refractivity contribution is 9.10. The lowest BCUT2D eigenvalue weighted by molar-refractivity contribution is -0.120. The number of aromatic nitrogens is 2. The number of amides is 2. The Bertz CT molecular complexity index is 1720.